The molecule has 0 radical (unpaired) electrons. The molecular weight excluding hydrogens is 446 g/mol. The number of hydrogen-bond donors (Lipinski definition) is 1. The molecule has 2 fully saturated rings. The van der Waals surface area contributed by atoms with Gasteiger partial charge in [-0.25, -0.2) is 8.42 Å². The summed E-state index contributed by atoms with van der Waals surface area (Å²) >= 11 is 1.69. The maximum atomic E-state index is 12.9. The molecule has 0 spiro atoms. The predicted octanol–water partition coefficient (Wildman–Crippen LogP) is 2.97. The summed E-state index contributed by atoms with van der Waals surface area (Å²) in [5.74, 6) is 0.168. The van der Waals surface area contributed by atoms with Crippen molar-refractivity contribution in [2.24, 2.45) is 5.92 Å². The highest BCUT2D eigenvalue weighted by Gasteiger charge is 2.29. The fraction of sp³-hybridized carbons (Fsp3) is 0.522. The van der Waals surface area contributed by atoms with Crippen LogP contribution >= 0.6 is 11.3 Å². The molecule has 2 saturated heterocycles. The van der Waals surface area contributed by atoms with Gasteiger partial charge >= 0.3 is 0 Å². The number of carbonyl (C=O) groups is 1. The Kier molecular flexibility index (Phi) is 7.63. The number of carbonyl (C=O) groups excluding carboxylic acids is 1. The zero-order chi connectivity index (χ0) is 22.6. The molecule has 32 heavy (non-hydrogen) atoms. The van der Waals surface area contributed by atoms with Crippen molar-refractivity contribution >= 4 is 27.3 Å². The molecule has 7 nitrogen and oxygen atoms in total. The Morgan fingerprint density at radius 2 is 1.94 bits per heavy atom. The van der Waals surface area contributed by atoms with Crippen molar-refractivity contribution in [3.63, 3.8) is 0 Å². The van der Waals surface area contributed by atoms with Crippen LogP contribution < -0.4 is 5.32 Å². The van der Waals surface area contributed by atoms with E-state index in [0.29, 0.717) is 44.3 Å². The summed E-state index contributed by atoms with van der Waals surface area (Å²) in [6.07, 6.45) is 1.94. The largest absolute Gasteiger partial charge is 0.379 e. The Hall–Kier alpha value is -1.78. The molecule has 2 aliphatic rings. The Bertz CT molecular complexity index is 987. The number of rotatable bonds is 7. The number of ether oxygens (including phenoxy) is 1. The normalized spacial score (nSPS) is 21.8. The van der Waals surface area contributed by atoms with Crippen molar-refractivity contribution in [3.05, 3.63) is 52.2 Å². The number of morpholine rings is 1. The van der Waals surface area contributed by atoms with Gasteiger partial charge in [-0.05, 0) is 54.5 Å². The highest BCUT2D eigenvalue weighted by Crippen LogP contribution is 2.26. The van der Waals surface area contributed by atoms with Crippen LogP contribution in [0, 0.1) is 5.92 Å². The first-order chi connectivity index (χ1) is 15.4. The summed E-state index contributed by atoms with van der Waals surface area (Å²) in [4.78, 5) is 16.6. The fourth-order valence-corrected chi connectivity index (χ4v) is 6.82. The molecule has 0 bridgehead atoms. The van der Waals surface area contributed by atoms with Crippen LogP contribution in [-0.2, 0) is 14.8 Å². The lowest BCUT2D eigenvalue weighted by atomic mass is 10.0. The molecule has 1 aromatic heterocycles. The van der Waals surface area contributed by atoms with Gasteiger partial charge in [0.25, 0.3) is 5.91 Å². The van der Waals surface area contributed by atoms with Gasteiger partial charge in [-0.3, -0.25) is 9.69 Å². The van der Waals surface area contributed by atoms with E-state index in [2.05, 4.69) is 23.2 Å². The average molecular weight is 478 g/mol. The van der Waals surface area contributed by atoms with E-state index in [0.717, 1.165) is 25.9 Å². The summed E-state index contributed by atoms with van der Waals surface area (Å²) in [5.41, 5.74) is 0.461. The third-order valence-electron chi connectivity index (χ3n) is 6.19. The smallest absolute Gasteiger partial charge is 0.251 e. The lowest BCUT2D eigenvalue weighted by Gasteiger charge is -2.34. The number of nitrogens with one attached hydrogen (secondary N) is 1. The quantitative estimate of drug-likeness (QED) is 0.663. The van der Waals surface area contributed by atoms with Crippen LogP contribution in [0.15, 0.2) is 46.7 Å². The molecule has 0 aliphatic carbocycles. The highest BCUT2D eigenvalue weighted by molar-refractivity contribution is 7.89. The van der Waals surface area contributed by atoms with E-state index >= 15 is 0 Å². The number of piperidine rings is 1. The number of hydrogen-bond acceptors (Lipinski definition) is 6. The molecule has 174 valence electrons. The molecule has 4 rings (SSSR count). The van der Waals surface area contributed by atoms with E-state index in [1.807, 2.05) is 11.4 Å². The van der Waals surface area contributed by atoms with E-state index in [4.69, 9.17) is 4.74 Å². The maximum absolute atomic E-state index is 12.9. The van der Waals surface area contributed by atoms with Crippen LogP contribution in [0.1, 0.15) is 41.0 Å². The summed E-state index contributed by atoms with van der Waals surface area (Å²) in [5, 5.41) is 5.09. The number of thiophene rings is 1. The molecule has 9 heteroatoms. The number of amides is 1. The zero-order valence-corrected chi connectivity index (χ0v) is 20.0. The molecule has 2 aromatic rings. The molecule has 1 aromatic carbocycles. The highest BCUT2D eigenvalue weighted by atomic mass is 32.2. The van der Waals surface area contributed by atoms with Crippen LogP contribution in [0.2, 0.25) is 0 Å². The van der Waals surface area contributed by atoms with Gasteiger partial charge in [-0.15, -0.1) is 11.3 Å². The van der Waals surface area contributed by atoms with E-state index in [-0.39, 0.29) is 16.8 Å². The molecule has 0 saturated carbocycles. The standard InChI is InChI=1S/C23H31N3O4S2/c1-18-4-2-10-26(17-18)32(28,29)20-8-6-19(7-9-20)23(27)24-16-21(22-5-3-15-31-22)25-11-13-30-14-12-25/h3,5-9,15,18,21H,2,4,10-14,16-17H2,1H3,(H,24,27)/t18-,21+/m0/s1. The van der Waals surface area contributed by atoms with E-state index in [1.165, 1.54) is 4.88 Å². The Morgan fingerprint density at radius 1 is 1.19 bits per heavy atom. The average Bonchev–Trinajstić information content (AvgIpc) is 3.34. The lowest BCUT2D eigenvalue weighted by Crippen LogP contribution is -2.43. The van der Waals surface area contributed by atoms with Crippen molar-refractivity contribution in [1.82, 2.24) is 14.5 Å². The predicted molar refractivity (Wildman–Crippen MR) is 125 cm³/mol. The maximum Gasteiger partial charge on any atom is 0.251 e. The van der Waals surface area contributed by atoms with Crippen molar-refractivity contribution in [3.8, 4) is 0 Å². The topological polar surface area (TPSA) is 79.0 Å². The SMILES string of the molecule is C[C@H]1CCCN(S(=O)(=O)c2ccc(C(=O)NC[C@H](c3cccs3)N3CCOCC3)cc2)C1. The molecule has 2 aliphatic heterocycles. The van der Waals surface area contributed by atoms with Crippen LogP contribution in [0.25, 0.3) is 0 Å². The van der Waals surface area contributed by atoms with Gasteiger partial charge in [0.1, 0.15) is 0 Å². The molecule has 3 heterocycles. The van der Waals surface area contributed by atoms with Gasteiger partial charge in [-0.1, -0.05) is 13.0 Å². The molecular formula is C23H31N3O4S2. The Labute approximate surface area is 194 Å². The third kappa shape index (κ3) is 5.40. The molecule has 1 amide bonds. The van der Waals surface area contributed by atoms with Gasteiger partial charge in [0.05, 0.1) is 24.2 Å². The van der Waals surface area contributed by atoms with E-state index < -0.39 is 10.0 Å². The second-order valence-electron chi connectivity index (χ2n) is 8.52. The van der Waals surface area contributed by atoms with Gasteiger partial charge in [-0.2, -0.15) is 4.31 Å². The first kappa shape index (κ1) is 23.4. The summed E-state index contributed by atoms with van der Waals surface area (Å²) in [6.45, 7) is 6.74. The minimum atomic E-state index is -3.52. The van der Waals surface area contributed by atoms with Crippen molar-refractivity contribution in [1.29, 1.82) is 0 Å². The summed E-state index contributed by atoms with van der Waals surface area (Å²) in [7, 11) is -3.52. The number of nitrogens with zero attached hydrogens (tertiary/aromatic N) is 2. The van der Waals surface area contributed by atoms with Crippen molar-refractivity contribution < 1.29 is 17.9 Å². The van der Waals surface area contributed by atoms with Gasteiger partial charge < -0.3 is 10.1 Å². The Morgan fingerprint density at radius 3 is 2.59 bits per heavy atom. The van der Waals surface area contributed by atoms with Gasteiger partial charge in [0.2, 0.25) is 10.0 Å². The third-order valence-corrected chi connectivity index (χ3v) is 9.04. The summed E-state index contributed by atoms with van der Waals surface area (Å²) < 4.78 is 32.9. The van der Waals surface area contributed by atoms with Gasteiger partial charge in [0, 0.05) is 43.2 Å². The number of sulfonamides is 1. The van der Waals surface area contributed by atoms with Crippen LogP contribution in [0.5, 0.6) is 0 Å². The van der Waals surface area contributed by atoms with Crippen LogP contribution in [0.3, 0.4) is 0 Å². The second kappa shape index (κ2) is 10.4. The molecule has 2 atom stereocenters. The van der Waals surface area contributed by atoms with Crippen molar-refractivity contribution in [2.45, 2.75) is 30.7 Å². The minimum absolute atomic E-state index is 0.101. The first-order valence-corrected chi connectivity index (χ1v) is 13.5. The second-order valence-corrected chi connectivity index (χ2v) is 11.4. The van der Waals surface area contributed by atoms with Gasteiger partial charge in [0.15, 0.2) is 0 Å². The Balaban J connectivity index is 1.41. The summed E-state index contributed by atoms with van der Waals surface area (Å²) in [6, 6.07) is 10.5. The zero-order valence-electron chi connectivity index (χ0n) is 18.4. The molecule has 0 unspecified atom stereocenters. The molecule has 1 N–H and O–H groups in total. The van der Waals surface area contributed by atoms with Crippen LogP contribution in [-0.4, -0.2) is 69.5 Å². The first-order valence-electron chi connectivity index (χ1n) is 11.2. The van der Waals surface area contributed by atoms with Crippen molar-refractivity contribution in [2.75, 3.05) is 45.9 Å². The van der Waals surface area contributed by atoms with E-state index in [9.17, 15) is 13.2 Å². The number of benzene rings is 1. The fourth-order valence-electron chi connectivity index (χ4n) is 4.36. The monoisotopic (exact) mass is 477 g/mol. The lowest BCUT2D eigenvalue weighted by molar-refractivity contribution is 0.0169. The minimum Gasteiger partial charge on any atom is -0.379 e. The van der Waals surface area contributed by atoms with Crippen LogP contribution in [0.4, 0.5) is 0 Å². The van der Waals surface area contributed by atoms with E-state index in [1.54, 1.807) is 39.9 Å².